The van der Waals surface area contributed by atoms with Crippen LogP contribution in [0.1, 0.15) is 69.2 Å². The summed E-state index contributed by atoms with van der Waals surface area (Å²) in [7, 11) is 1.26. The number of hydroxylamine groups is 1. The van der Waals surface area contributed by atoms with E-state index in [0.717, 1.165) is 51.9 Å². The highest BCUT2D eigenvalue weighted by atomic mass is 32.2. The van der Waals surface area contributed by atoms with Crippen LogP contribution in [-0.2, 0) is 23.2 Å². The van der Waals surface area contributed by atoms with Crippen molar-refractivity contribution in [3.8, 4) is 0 Å². The highest BCUT2D eigenvalue weighted by molar-refractivity contribution is 8.01. The monoisotopic (exact) mass is 637 g/mol. The molecule has 0 bridgehead atoms. The number of anilines is 2. The molecule has 2 aliphatic rings. The van der Waals surface area contributed by atoms with Crippen molar-refractivity contribution < 1.29 is 27.6 Å². The van der Waals surface area contributed by atoms with Crippen LogP contribution in [0.15, 0.2) is 51.6 Å². The van der Waals surface area contributed by atoms with Gasteiger partial charge in [0.25, 0.3) is 5.56 Å². The van der Waals surface area contributed by atoms with Crippen LogP contribution in [0.2, 0.25) is 0 Å². The van der Waals surface area contributed by atoms with Crippen molar-refractivity contribution in [3.05, 3.63) is 68.4 Å². The third kappa shape index (κ3) is 7.06. The molecule has 1 aliphatic carbocycles. The number of nitrogens with two attached hydrogens (primary N) is 1. The highest BCUT2D eigenvalue weighted by Gasteiger charge is 2.51. The zero-order valence-corrected chi connectivity index (χ0v) is 25.9. The number of aromatic nitrogens is 2. The van der Waals surface area contributed by atoms with Gasteiger partial charge in [-0.05, 0) is 26.7 Å². The van der Waals surface area contributed by atoms with Crippen molar-refractivity contribution in [3.63, 3.8) is 0 Å². The average molecular weight is 638 g/mol. The molecule has 10 nitrogen and oxygen atoms in total. The predicted octanol–water partition coefficient (Wildman–Crippen LogP) is 4.50. The lowest BCUT2D eigenvalue weighted by atomic mass is 9.90. The molecule has 44 heavy (non-hydrogen) atoms. The van der Waals surface area contributed by atoms with Gasteiger partial charge in [0, 0.05) is 30.4 Å². The van der Waals surface area contributed by atoms with E-state index in [1.807, 2.05) is 13.8 Å². The second-order valence-electron chi connectivity index (χ2n) is 11.4. The molecule has 1 aliphatic heterocycles. The van der Waals surface area contributed by atoms with Gasteiger partial charge in [0.15, 0.2) is 22.8 Å². The topological polar surface area (TPSA) is 120 Å². The maximum absolute atomic E-state index is 14.1. The molecule has 1 aromatic heterocycles. The maximum atomic E-state index is 14.1. The van der Waals surface area contributed by atoms with Crippen LogP contribution in [0.3, 0.4) is 0 Å². The van der Waals surface area contributed by atoms with E-state index in [9.17, 15) is 32.3 Å². The molecule has 2 aromatic rings. The van der Waals surface area contributed by atoms with Crippen LogP contribution in [0.4, 0.5) is 24.7 Å². The second-order valence-corrected chi connectivity index (χ2v) is 13.0. The van der Waals surface area contributed by atoms with Crippen molar-refractivity contribution in [2.24, 2.45) is 12.8 Å². The zero-order valence-electron chi connectivity index (χ0n) is 25.1. The molecule has 14 heteroatoms. The Bertz CT molecular complexity index is 1510. The number of allylic oxidation sites excluding steroid dienone is 1. The maximum Gasteiger partial charge on any atom is 0.493 e. The number of thioether (sulfide) groups is 1. The minimum absolute atomic E-state index is 0.0494. The first-order chi connectivity index (χ1) is 20.8. The lowest BCUT2D eigenvalue weighted by molar-refractivity contribution is -0.201. The summed E-state index contributed by atoms with van der Waals surface area (Å²) in [4.78, 5) is 59.5. The fourth-order valence-corrected chi connectivity index (χ4v) is 7.16. The zero-order chi connectivity index (χ0) is 32.2. The summed E-state index contributed by atoms with van der Waals surface area (Å²) in [6.45, 7) is 3.32. The lowest BCUT2D eigenvalue weighted by Crippen LogP contribution is -2.49. The fraction of sp³-hybridized carbons (Fsp3) is 0.533. The van der Waals surface area contributed by atoms with Gasteiger partial charge in [-0.1, -0.05) is 74.1 Å². The van der Waals surface area contributed by atoms with Gasteiger partial charge in [-0.2, -0.15) is 18.2 Å². The number of nitrogens with zero attached hydrogens (tertiary/aromatic N) is 4. The fourth-order valence-electron chi connectivity index (χ4n) is 5.53. The number of hydrogen-bond donors (Lipinski definition) is 1. The molecule has 0 spiro atoms. The summed E-state index contributed by atoms with van der Waals surface area (Å²) in [5.74, 6) is -3.30. The molecule has 2 N–H and O–H groups in total. The number of Topliss-reactive ketones (excluding diaryl/α,β-unsaturated/α-hetero) is 1. The van der Waals surface area contributed by atoms with Crippen LogP contribution in [-0.4, -0.2) is 50.4 Å². The molecule has 0 radical (unpaired) electrons. The number of alkyl halides is 3. The van der Waals surface area contributed by atoms with Crippen molar-refractivity contribution in [1.82, 2.24) is 9.13 Å². The molecule has 1 atom stereocenters. The van der Waals surface area contributed by atoms with E-state index in [0.29, 0.717) is 12.8 Å². The summed E-state index contributed by atoms with van der Waals surface area (Å²) >= 11 is 1.24. The van der Waals surface area contributed by atoms with Gasteiger partial charge in [-0.3, -0.25) is 18.7 Å². The Morgan fingerprint density at radius 3 is 2.25 bits per heavy atom. The first-order valence-corrected chi connectivity index (χ1v) is 15.5. The number of hydrogen-bond acceptors (Lipinski definition) is 9. The molecule has 4 rings (SSSR count). The molecule has 1 aromatic carbocycles. The predicted molar refractivity (Wildman–Crippen MR) is 164 cm³/mol. The van der Waals surface area contributed by atoms with E-state index < -0.39 is 46.0 Å². The van der Waals surface area contributed by atoms with E-state index in [1.165, 1.54) is 23.7 Å². The van der Waals surface area contributed by atoms with Crippen LogP contribution < -0.4 is 26.9 Å². The largest absolute Gasteiger partial charge is 0.493 e. The standard InChI is InChI=1S/C30H38F3N5O5S/c1-20(2)14-17-36-23-24(35(3)27(42)37(25(23)40)18-22(39)21-12-8-7-9-13-21)38(43-26(41)30(31,32)33)28(36)44-29(19-34)15-10-5-4-6-11-16-29/h7-9,12-14,28H,4-6,10-11,15-19,34H2,1-3H3. The van der Waals surface area contributed by atoms with Gasteiger partial charge in [-0.15, -0.1) is 11.8 Å². The Balaban J connectivity index is 1.90. The Kier molecular flexibility index (Phi) is 10.3. The van der Waals surface area contributed by atoms with E-state index in [1.54, 1.807) is 36.4 Å². The van der Waals surface area contributed by atoms with Gasteiger partial charge >= 0.3 is 17.8 Å². The first kappa shape index (κ1) is 33.4. The number of carbonyl (C=O) groups excluding carboxylic acids is 2. The van der Waals surface area contributed by atoms with Gasteiger partial charge < -0.3 is 15.5 Å². The van der Waals surface area contributed by atoms with Crippen molar-refractivity contribution in [2.75, 3.05) is 23.1 Å². The van der Waals surface area contributed by atoms with E-state index in [2.05, 4.69) is 0 Å². The number of benzene rings is 1. The van der Waals surface area contributed by atoms with Crippen molar-refractivity contribution in [1.29, 1.82) is 0 Å². The van der Waals surface area contributed by atoms with E-state index in [-0.39, 0.29) is 30.2 Å². The minimum atomic E-state index is -5.34. The third-order valence-electron chi connectivity index (χ3n) is 7.96. The summed E-state index contributed by atoms with van der Waals surface area (Å²) in [5, 5.41) is 0.719. The molecule has 0 saturated heterocycles. The molecule has 2 heterocycles. The SMILES string of the molecule is CC(C)=CCN1c2c(n(C)c(=O)n(CC(=O)c3ccccc3)c2=O)N(OC(=O)C(F)(F)F)C1SC1(CN)CCCCCCC1. The number of ketones is 1. The number of fused-ring (bicyclic) bond motifs is 1. The molecular formula is C30H38F3N5O5S. The Labute approximate surface area is 257 Å². The van der Waals surface area contributed by atoms with E-state index >= 15 is 0 Å². The second kappa shape index (κ2) is 13.6. The number of carbonyl (C=O) groups is 2. The summed E-state index contributed by atoms with van der Waals surface area (Å²) in [6.07, 6.45) is 2.53. The molecule has 1 fully saturated rings. The van der Waals surface area contributed by atoms with Crippen LogP contribution in [0.25, 0.3) is 0 Å². The number of halogens is 3. The van der Waals surface area contributed by atoms with E-state index in [4.69, 9.17) is 10.6 Å². The van der Waals surface area contributed by atoms with Crippen LogP contribution in [0, 0.1) is 0 Å². The minimum Gasteiger partial charge on any atom is -0.329 e. The Morgan fingerprint density at radius 2 is 1.68 bits per heavy atom. The Hall–Kier alpha value is -3.52. The summed E-state index contributed by atoms with van der Waals surface area (Å²) in [6, 6.07) is 8.12. The summed E-state index contributed by atoms with van der Waals surface area (Å²) in [5.41, 5.74) is 4.33. The Morgan fingerprint density at radius 1 is 1.07 bits per heavy atom. The van der Waals surface area contributed by atoms with Gasteiger partial charge in [0.2, 0.25) is 0 Å². The molecular weight excluding hydrogens is 599 g/mol. The highest BCUT2D eigenvalue weighted by Crippen LogP contribution is 2.48. The van der Waals surface area contributed by atoms with Gasteiger partial charge in [-0.25, -0.2) is 9.59 Å². The molecule has 1 saturated carbocycles. The molecule has 240 valence electrons. The lowest BCUT2D eigenvalue weighted by Gasteiger charge is -2.40. The first-order valence-electron chi connectivity index (χ1n) is 14.6. The average Bonchev–Trinajstić information content (AvgIpc) is 3.26. The molecule has 1 unspecified atom stereocenters. The van der Waals surface area contributed by atoms with Gasteiger partial charge in [0.1, 0.15) is 0 Å². The smallest absolute Gasteiger partial charge is 0.329 e. The molecule has 0 amide bonds. The van der Waals surface area contributed by atoms with Crippen molar-refractivity contribution >= 4 is 35.0 Å². The van der Waals surface area contributed by atoms with Crippen molar-refractivity contribution in [2.45, 2.75) is 81.8 Å². The van der Waals surface area contributed by atoms with Gasteiger partial charge in [0.05, 0.1) is 6.54 Å². The van der Waals surface area contributed by atoms with Crippen LogP contribution >= 0.6 is 11.8 Å². The number of rotatable bonds is 9. The normalized spacial score (nSPS) is 18.3. The van der Waals surface area contributed by atoms with Crippen LogP contribution in [0.5, 0.6) is 0 Å². The quantitative estimate of drug-likeness (QED) is 0.313. The third-order valence-corrected chi connectivity index (χ3v) is 9.69. The summed E-state index contributed by atoms with van der Waals surface area (Å²) < 4.78 is 41.8.